The van der Waals surface area contributed by atoms with Crippen molar-refractivity contribution in [2.24, 2.45) is 11.5 Å². The molecule has 6 rings (SSSR count). The summed E-state index contributed by atoms with van der Waals surface area (Å²) >= 11 is 0. The number of para-hydroxylation sites is 1. The summed E-state index contributed by atoms with van der Waals surface area (Å²) in [5.41, 5.74) is 14.7. The molecule has 6 aromatic rings. The van der Waals surface area contributed by atoms with Crippen LogP contribution in [0.2, 0.25) is 0 Å². The van der Waals surface area contributed by atoms with E-state index < -0.39 is 83.7 Å². The Labute approximate surface area is 398 Å². The predicted molar refractivity (Wildman–Crippen MR) is 259 cm³/mol. The predicted octanol–water partition coefficient (Wildman–Crippen LogP) is 1.93. The van der Waals surface area contributed by atoms with Gasteiger partial charge in [-0.05, 0) is 79.3 Å². The lowest BCUT2D eigenvalue weighted by Gasteiger charge is -2.26. The second kappa shape index (κ2) is 24.2. The molecule has 2 heterocycles. The van der Waals surface area contributed by atoms with E-state index in [1.54, 1.807) is 54.7 Å². The molecular formula is C50H59N11O8. The van der Waals surface area contributed by atoms with Crippen LogP contribution < -0.4 is 43.4 Å². The van der Waals surface area contributed by atoms with Crippen LogP contribution in [0.4, 0.5) is 0 Å². The van der Waals surface area contributed by atoms with E-state index in [0.717, 1.165) is 27.2 Å². The quantitative estimate of drug-likeness (QED) is 0.0417. The topological polar surface area (TPSA) is 308 Å². The SMILES string of the molecule is CC(N)C(=O)NC(Cc1cnc[nH]1)C(=O)NC(C(=O)NC(C)C(=O)N[C@H](CC(=O)NC(Cc1ccccc1)C(=O)NC(CCCN)C(=O)O)Cc1c[nH]c2ccccc12)c1ccc2ccccc2c1. The summed E-state index contributed by atoms with van der Waals surface area (Å²) in [5, 5.41) is 28.8. The van der Waals surface area contributed by atoms with Crippen LogP contribution in [0.3, 0.4) is 0 Å². The molecule has 362 valence electrons. The Morgan fingerprint density at radius 3 is 2.06 bits per heavy atom. The number of hydrogen-bond acceptors (Lipinski definition) is 10. The largest absolute Gasteiger partial charge is 0.480 e. The maximum atomic E-state index is 14.4. The number of carboxylic acid groups (broad SMARTS) is 1. The van der Waals surface area contributed by atoms with Crippen LogP contribution in [0, 0.1) is 0 Å². The number of nitrogens with two attached hydrogens (primary N) is 2. The summed E-state index contributed by atoms with van der Waals surface area (Å²) in [7, 11) is 0. The average Bonchev–Trinajstić information content (AvgIpc) is 4.01. The first-order valence-electron chi connectivity index (χ1n) is 22.7. The lowest BCUT2D eigenvalue weighted by Crippen LogP contribution is -2.56. The van der Waals surface area contributed by atoms with Gasteiger partial charge in [-0.1, -0.05) is 84.9 Å². The van der Waals surface area contributed by atoms with Gasteiger partial charge in [0.1, 0.15) is 30.2 Å². The van der Waals surface area contributed by atoms with E-state index in [4.69, 9.17) is 11.5 Å². The molecule has 0 aliphatic heterocycles. The van der Waals surface area contributed by atoms with Crippen LogP contribution in [0.15, 0.2) is 116 Å². The number of amides is 6. The van der Waals surface area contributed by atoms with Crippen LogP contribution in [-0.4, -0.2) is 104 Å². The summed E-state index contributed by atoms with van der Waals surface area (Å²) < 4.78 is 0. The zero-order valence-electron chi connectivity index (χ0n) is 38.4. The van der Waals surface area contributed by atoms with Gasteiger partial charge in [-0.2, -0.15) is 0 Å². The molecule has 69 heavy (non-hydrogen) atoms. The monoisotopic (exact) mass is 941 g/mol. The fourth-order valence-corrected chi connectivity index (χ4v) is 7.88. The van der Waals surface area contributed by atoms with Gasteiger partial charge in [-0.25, -0.2) is 9.78 Å². The Morgan fingerprint density at radius 2 is 1.35 bits per heavy atom. The number of aliphatic carboxylic acids is 1. The van der Waals surface area contributed by atoms with Gasteiger partial charge < -0.3 is 58.4 Å². The second-order valence-electron chi connectivity index (χ2n) is 17.0. The number of aromatic nitrogens is 3. The molecule has 0 bridgehead atoms. The Morgan fingerprint density at radius 1 is 0.667 bits per heavy atom. The van der Waals surface area contributed by atoms with Gasteiger partial charge >= 0.3 is 5.97 Å². The van der Waals surface area contributed by atoms with Gasteiger partial charge in [0.25, 0.3) is 0 Å². The van der Waals surface area contributed by atoms with Crippen molar-refractivity contribution in [2.75, 3.05) is 6.54 Å². The molecule has 19 heteroatoms. The Hall–Kier alpha value is -7.90. The highest BCUT2D eigenvalue weighted by atomic mass is 16.4. The van der Waals surface area contributed by atoms with E-state index in [1.165, 1.54) is 26.4 Å². The first kappa shape index (κ1) is 50.5. The molecule has 0 radical (unpaired) electrons. The summed E-state index contributed by atoms with van der Waals surface area (Å²) in [6, 6.07) is 21.1. The van der Waals surface area contributed by atoms with E-state index in [2.05, 4.69) is 46.9 Å². The highest BCUT2D eigenvalue weighted by Crippen LogP contribution is 2.23. The number of carbonyl (C=O) groups is 7. The van der Waals surface area contributed by atoms with Gasteiger partial charge in [0.05, 0.1) is 12.4 Å². The first-order valence-corrected chi connectivity index (χ1v) is 22.7. The molecule has 6 amide bonds. The Kier molecular flexibility index (Phi) is 17.7. The summed E-state index contributed by atoms with van der Waals surface area (Å²) in [6.45, 7) is 3.16. The van der Waals surface area contributed by atoms with Gasteiger partial charge in [-0.3, -0.25) is 28.8 Å². The normalized spacial score (nSPS) is 14.3. The number of nitrogens with zero attached hydrogens (tertiary/aromatic N) is 1. The summed E-state index contributed by atoms with van der Waals surface area (Å²) in [5.74, 6) is -5.26. The lowest BCUT2D eigenvalue weighted by atomic mass is 9.99. The van der Waals surface area contributed by atoms with Crippen molar-refractivity contribution in [3.05, 3.63) is 138 Å². The molecular weight excluding hydrogens is 883 g/mol. The van der Waals surface area contributed by atoms with Crippen molar-refractivity contribution < 1.29 is 38.7 Å². The molecule has 4 aromatic carbocycles. The molecule has 6 unspecified atom stereocenters. The minimum atomic E-state index is -1.36. The molecule has 7 atom stereocenters. The number of rotatable bonds is 24. The van der Waals surface area contributed by atoms with Gasteiger partial charge in [0.15, 0.2) is 0 Å². The third-order valence-corrected chi connectivity index (χ3v) is 11.6. The maximum absolute atomic E-state index is 14.4. The lowest BCUT2D eigenvalue weighted by molar-refractivity contribution is -0.142. The Balaban J connectivity index is 1.23. The van der Waals surface area contributed by atoms with Crippen LogP contribution >= 0.6 is 0 Å². The zero-order valence-corrected chi connectivity index (χ0v) is 38.4. The average molecular weight is 942 g/mol. The first-order chi connectivity index (χ1) is 33.2. The fraction of sp³-hybridized carbons (Fsp3) is 0.320. The van der Waals surface area contributed by atoms with E-state index >= 15 is 0 Å². The number of nitrogens with one attached hydrogen (secondary N) is 8. The van der Waals surface area contributed by atoms with Crippen molar-refractivity contribution in [3.63, 3.8) is 0 Å². The minimum Gasteiger partial charge on any atom is -0.480 e. The fourth-order valence-electron chi connectivity index (χ4n) is 7.88. The third kappa shape index (κ3) is 14.3. The molecule has 0 saturated heterocycles. The second-order valence-corrected chi connectivity index (χ2v) is 17.0. The van der Waals surface area contributed by atoms with Crippen molar-refractivity contribution in [1.82, 2.24) is 46.9 Å². The third-order valence-electron chi connectivity index (χ3n) is 11.6. The number of imidazole rings is 1. The highest BCUT2D eigenvalue weighted by molar-refractivity contribution is 5.97. The number of hydrogen-bond donors (Lipinski definition) is 11. The molecule has 13 N–H and O–H groups in total. The molecule has 0 aliphatic rings. The number of H-pyrrole nitrogens is 2. The number of aromatic amines is 2. The molecule has 0 aliphatic carbocycles. The smallest absolute Gasteiger partial charge is 0.326 e. The molecule has 0 saturated carbocycles. The van der Waals surface area contributed by atoms with Crippen LogP contribution in [-0.2, 0) is 52.8 Å². The molecule has 0 fully saturated rings. The van der Waals surface area contributed by atoms with E-state index in [0.29, 0.717) is 23.2 Å². The highest BCUT2D eigenvalue weighted by Gasteiger charge is 2.32. The van der Waals surface area contributed by atoms with Crippen molar-refractivity contribution in [3.8, 4) is 0 Å². The summed E-state index contributed by atoms with van der Waals surface area (Å²) in [6.07, 6.45) is 5.02. The van der Waals surface area contributed by atoms with Gasteiger partial charge in [0, 0.05) is 54.3 Å². The van der Waals surface area contributed by atoms with Gasteiger partial charge in [0.2, 0.25) is 35.4 Å². The number of carboxylic acids is 1. The van der Waals surface area contributed by atoms with E-state index in [1.807, 2.05) is 48.5 Å². The standard InChI is InChI=1S/C50H59N11O8/c1-29(52)45(63)60-42(24-37-27-53-28-55-37)48(66)61-44(34-19-18-32-13-6-7-14-33(32)22-34)49(67)56-30(2)46(64)57-36(23-35-26-54-39-16-9-8-15-38(35)39)25-43(62)58-41(21-31-11-4-3-5-12-31)47(65)59-40(50(68)69)17-10-20-51/h3-9,11-16,18-19,22,26-30,36,40-42,44,54H,10,17,20-21,23-25,51-52H2,1-2H3,(H,53,55)(H,56,67)(H,57,64)(H,58,62)(H,59,65)(H,60,63)(H,61,66)(H,68,69)/t29?,30?,36-,40?,41?,42?,44?/m0/s1. The van der Waals surface area contributed by atoms with Crippen LogP contribution in [0.25, 0.3) is 21.7 Å². The number of fused-ring (bicyclic) bond motifs is 2. The minimum absolute atomic E-state index is 0.00409. The van der Waals surface area contributed by atoms with E-state index in [9.17, 15) is 38.7 Å². The summed E-state index contributed by atoms with van der Waals surface area (Å²) in [4.78, 5) is 105. The maximum Gasteiger partial charge on any atom is 0.326 e. The van der Waals surface area contributed by atoms with Gasteiger partial charge in [-0.15, -0.1) is 0 Å². The zero-order chi connectivity index (χ0) is 49.5. The van der Waals surface area contributed by atoms with Crippen molar-refractivity contribution >= 4 is 63.1 Å². The van der Waals surface area contributed by atoms with Crippen LogP contribution in [0.5, 0.6) is 0 Å². The van der Waals surface area contributed by atoms with Crippen molar-refractivity contribution in [1.29, 1.82) is 0 Å². The molecule has 19 nitrogen and oxygen atoms in total. The molecule has 2 aromatic heterocycles. The number of benzene rings is 4. The van der Waals surface area contributed by atoms with Crippen LogP contribution in [0.1, 0.15) is 61.5 Å². The Bertz CT molecular complexity index is 2730. The molecule has 0 spiro atoms. The van der Waals surface area contributed by atoms with Crippen molar-refractivity contribution in [2.45, 2.75) is 94.7 Å². The van der Waals surface area contributed by atoms with E-state index in [-0.39, 0.29) is 38.6 Å². The number of carbonyl (C=O) groups excluding carboxylic acids is 6.